The van der Waals surface area contributed by atoms with Gasteiger partial charge in [0.2, 0.25) is 0 Å². The van der Waals surface area contributed by atoms with Crippen molar-refractivity contribution in [2.24, 2.45) is 0 Å². The molecular weight excluding hydrogens is 378 g/mol. The topological polar surface area (TPSA) is 57.8 Å². The Balaban J connectivity index is 1.83. The van der Waals surface area contributed by atoms with E-state index in [-0.39, 0.29) is 5.91 Å². The van der Waals surface area contributed by atoms with Gasteiger partial charge in [-0.15, -0.1) is 0 Å². The largest absolute Gasteiger partial charge is 0.322 e. The molecule has 23 heavy (non-hydrogen) atoms. The molecule has 0 aliphatic carbocycles. The highest BCUT2D eigenvalue weighted by atomic mass is 79.9. The van der Waals surface area contributed by atoms with Gasteiger partial charge in [0.1, 0.15) is 0 Å². The quantitative estimate of drug-likeness (QED) is 0.624. The number of alkyl halides is 1. The van der Waals surface area contributed by atoms with Crippen LogP contribution in [0.1, 0.15) is 15.9 Å². The number of hydrogen-bond donors (Lipinski definition) is 2. The molecule has 0 bridgehead atoms. The van der Waals surface area contributed by atoms with E-state index in [1.54, 1.807) is 24.3 Å². The first-order chi connectivity index (χ1) is 11.2. The van der Waals surface area contributed by atoms with Crippen LogP contribution in [0.3, 0.4) is 0 Å². The van der Waals surface area contributed by atoms with E-state index in [1.165, 1.54) is 0 Å². The Hall–Kier alpha value is -2.11. The summed E-state index contributed by atoms with van der Waals surface area (Å²) in [6, 6.07) is 14.4. The molecule has 6 heteroatoms. The first-order valence-corrected chi connectivity index (χ1v) is 8.43. The number of amides is 1. The van der Waals surface area contributed by atoms with E-state index >= 15 is 0 Å². The van der Waals surface area contributed by atoms with E-state index in [1.807, 2.05) is 30.5 Å². The fourth-order valence-electron chi connectivity index (χ4n) is 2.22. The van der Waals surface area contributed by atoms with Crippen LogP contribution in [0.2, 0.25) is 5.02 Å². The zero-order valence-corrected chi connectivity index (χ0v) is 14.4. The van der Waals surface area contributed by atoms with Crippen molar-refractivity contribution >= 4 is 39.1 Å². The number of aromatic amines is 1. The van der Waals surface area contributed by atoms with Crippen molar-refractivity contribution in [3.8, 4) is 11.3 Å². The van der Waals surface area contributed by atoms with Crippen LogP contribution in [-0.4, -0.2) is 16.1 Å². The number of aromatic nitrogens is 2. The molecule has 1 heterocycles. The average Bonchev–Trinajstić information content (AvgIpc) is 3.04. The monoisotopic (exact) mass is 389 g/mol. The minimum atomic E-state index is -0.179. The van der Waals surface area contributed by atoms with Gasteiger partial charge in [-0.05, 0) is 36.4 Å². The standard InChI is InChI=1S/C17H13BrClN3O/c18-9-13-10-20-22-16(13)12-2-1-3-15(8-12)21-17(23)11-4-6-14(19)7-5-11/h1-8,10H,9H2,(H,20,22)(H,21,23). The molecule has 0 unspecified atom stereocenters. The van der Waals surface area contributed by atoms with E-state index < -0.39 is 0 Å². The molecule has 0 spiro atoms. The third kappa shape index (κ3) is 3.63. The Labute approximate surface area is 147 Å². The van der Waals surface area contributed by atoms with Crippen LogP contribution in [0.15, 0.2) is 54.7 Å². The van der Waals surface area contributed by atoms with Gasteiger partial charge in [0.15, 0.2) is 0 Å². The third-order valence-electron chi connectivity index (χ3n) is 3.36. The number of halogens is 2. The van der Waals surface area contributed by atoms with Crippen molar-refractivity contribution in [1.29, 1.82) is 0 Å². The molecule has 2 aromatic carbocycles. The number of carbonyl (C=O) groups is 1. The lowest BCUT2D eigenvalue weighted by Crippen LogP contribution is -2.11. The van der Waals surface area contributed by atoms with Gasteiger partial charge in [-0.2, -0.15) is 5.10 Å². The molecule has 0 aliphatic rings. The summed E-state index contributed by atoms with van der Waals surface area (Å²) in [5.41, 5.74) is 4.14. The molecule has 1 aromatic heterocycles. The number of carbonyl (C=O) groups excluding carboxylic acids is 1. The Morgan fingerprint density at radius 2 is 2.00 bits per heavy atom. The summed E-state index contributed by atoms with van der Waals surface area (Å²) in [6.45, 7) is 0. The zero-order chi connectivity index (χ0) is 16.2. The molecule has 3 rings (SSSR count). The van der Waals surface area contributed by atoms with Crippen LogP contribution >= 0.6 is 27.5 Å². The van der Waals surface area contributed by atoms with Gasteiger partial charge in [-0.25, -0.2) is 0 Å². The van der Waals surface area contributed by atoms with E-state index in [4.69, 9.17) is 11.6 Å². The van der Waals surface area contributed by atoms with Crippen molar-refractivity contribution in [3.05, 3.63) is 70.9 Å². The normalized spacial score (nSPS) is 10.5. The first-order valence-electron chi connectivity index (χ1n) is 6.93. The van der Waals surface area contributed by atoms with Gasteiger partial charge < -0.3 is 5.32 Å². The van der Waals surface area contributed by atoms with Crippen LogP contribution in [0.4, 0.5) is 5.69 Å². The number of nitrogens with one attached hydrogen (secondary N) is 2. The van der Waals surface area contributed by atoms with Gasteiger partial charge in [0.25, 0.3) is 5.91 Å². The molecule has 2 N–H and O–H groups in total. The molecule has 116 valence electrons. The SMILES string of the molecule is O=C(Nc1cccc(-c2n[nH]cc2CBr)c1)c1ccc(Cl)cc1. The minimum Gasteiger partial charge on any atom is -0.322 e. The maximum atomic E-state index is 12.3. The van der Waals surface area contributed by atoms with Crippen LogP contribution in [-0.2, 0) is 5.33 Å². The maximum Gasteiger partial charge on any atom is 0.255 e. The molecule has 0 saturated carbocycles. The fourth-order valence-corrected chi connectivity index (χ4v) is 2.77. The van der Waals surface area contributed by atoms with Gasteiger partial charge in [-0.1, -0.05) is 39.7 Å². The molecule has 1 amide bonds. The number of H-pyrrole nitrogens is 1. The lowest BCUT2D eigenvalue weighted by molar-refractivity contribution is 0.102. The highest BCUT2D eigenvalue weighted by molar-refractivity contribution is 9.08. The number of benzene rings is 2. The highest BCUT2D eigenvalue weighted by Gasteiger charge is 2.10. The lowest BCUT2D eigenvalue weighted by atomic mass is 10.1. The Bertz CT molecular complexity index is 830. The highest BCUT2D eigenvalue weighted by Crippen LogP contribution is 2.25. The van der Waals surface area contributed by atoms with E-state index in [2.05, 4.69) is 31.4 Å². The molecule has 0 radical (unpaired) electrons. The summed E-state index contributed by atoms with van der Waals surface area (Å²) in [5.74, 6) is -0.179. The van der Waals surface area contributed by atoms with Crippen molar-refractivity contribution in [1.82, 2.24) is 10.2 Å². The van der Waals surface area contributed by atoms with Crippen molar-refractivity contribution < 1.29 is 4.79 Å². The predicted molar refractivity (Wildman–Crippen MR) is 96.1 cm³/mol. The van der Waals surface area contributed by atoms with E-state index in [9.17, 15) is 4.79 Å². The predicted octanol–water partition coefficient (Wildman–Crippen LogP) is 4.88. The molecule has 0 fully saturated rings. The lowest BCUT2D eigenvalue weighted by Gasteiger charge is -2.07. The van der Waals surface area contributed by atoms with Crippen molar-refractivity contribution in [3.63, 3.8) is 0 Å². The smallest absolute Gasteiger partial charge is 0.255 e. The summed E-state index contributed by atoms with van der Waals surface area (Å²) in [5, 5.41) is 11.3. The second-order valence-electron chi connectivity index (χ2n) is 4.93. The number of rotatable bonds is 4. The number of anilines is 1. The first kappa shape index (κ1) is 15.8. The van der Waals surface area contributed by atoms with Crippen molar-refractivity contribution in [2.45, 2.75) is 5.33 Å². The van der Waals surface area contributed by atoms with Crippen LogP contribution < -0.4 is 5.32 Å². The van der Waals surface area contributed by atoms with Gasteiger partial charge in [-0.3, -0.25) is 9.89 Å². The summed E-state index contributed by atoms with van der Waals surface area (Å²) < 4.78 is 0. The van der Waals surface area contributed by atoms with Gasteiger partial charge in [0, 0.05) is 38.9 Å². The Kier molecular flexibility index (Phi) is 4.79. The second-order valence-corrected chi connectivity index (χ2v) is 5.93. The second kappa shape index (κ2) is 6.98. The van der Waals surface area contributed by atoms with Crippen molar-refractivity contribution in [2.75, 3.05) is 5.32 Å². The molecule has 0 atom stereocenters. The summed E-state index contributed by atoms with van der Waals surface area (Å²) in [6.07, 6.45) is 1.85. The summed E-state index contributed by atoms with van der Waals surface area (Å²) >= 11 is 9.28. The zero-order valence-electron chi connectivity index (χ0n) is 12.0. The maximum absolute atomic E-state index is 12.3. The van der Waals surface area contributed by atoms with Crippen LogP contribution in [0.5, 0.6) is 0 Å². The molecule has 4 nitrogen and oxygen atoms in total. The van der Waals surface area contributed by atoms with Crippen LogP contribution in [0.25, 0.3) is 11.3 Å². The summed E-state index contributed by atoms with van der Waals surface area (Å²) in [4.78, 5) is 12.3. The summed E-state index contributed by atoms with van der Waals surface area (Å²) in [7, 11) is 0. The van der Waals surface area contributed by atoms with Gasteiger partial charge in [0.05, 0.1) is 5.69 Å². The Morgan fingerprint density at radius 1 is 1.22 bits per heavy atom. The molecular formula is C17H13BrClN3O. The fraction of sp³-hybridized carbons (Fsp3) is 0.0588. The molecule has 0 aliphatic heterocycles. The molecule has 3 aromatic rings. The number of nitrogens with zero attached hydrogens (tertiary/aromatic N) is 1. The average molecular weight is 391 g/mol. The molecule has 0 saturated heterocycles. The Morgan fingerprint density at radius 3 is 2.74 bits per heavy atom. The number of hydrogen-bond acceptors (Lipinski definition) is 2. The minimum absolute atomic E-state index is 0.179. The van der Waals surface area contributed by atoms with E-state index in [0.717, 1.165) is 16.8 Å². The third-order valence-corrected chi connectivity index (χ3v) is 4.22. The van der Waals surface area contributed by atoms with Gasteiger partial charge >= 0.3 is 0 Å². The van der Waals surface area contributed by atoms with E-state index in [0.29, 0.717) is 21.6 Å². The van der Waals surface area contributed by atoms with Crippen LogP contribution in [0, 0.1) is 0 Å².